The highest BCUT2D eigenvalue weighted by molar-refractivity contribution is 7.80. The molecule has 1 unspecified atom stereocenters. The summed E-state index contributed by atoms with van der Waals surface area (Å²) in [4.78, 5) is 25.1. The number of thiol groups is 1. The van der Waals surface area contributed by atoms with Gasteiger partial charge in [-0.25, -0.2) is 0 Å². The summed E-state index contributed by atoms with van der Waals surface area (Å²) in [5, 5.41) is 2.75. The maximum absolute atomic E-state index is 11.9. The number of hydrogen-bond donors (Lipinski definition) is 3. The van der Waals surface area contributed by atoms with Crippen LogP contribution in [0.25, 0.3) is 0 Å². The number of carbonyl (C=O) groups is 2. The van der Waals surface area contributed by atoms with Crippen LogP contribution in [0.4, 0.5) is 0 Å². The molecule has 90 valence electrons. The first kappa shape index (κ1) is 11.7. The molecule has 2 aliphatic heterocycles. The number of piperidine rings is 1. The maximum Gasteiger partial charge on any atom is 0.240 e. The first-order chi connectivity index (χ1) is 7.59. The third-order valence-electron chi connectivity index (χ3n) is 3.47. The first-order valence-corrected chi connectivity index (χ1v) is 6.16. The predicted octanol–water partition coefficient (Wildman–Crippen LogP) is -1.02. The summed E-state index contributed by atoms with van der Waals surface area (Å²) in [6.07, 6.45) is 1.75. The number of nitrogens with one attached hydrogen (secondary N) is 1. The summed E-state index contributed by atoms with van der Waals surface area (Å²) >= 11 is 4.02. The molecule has 0 aromatic heterocycles. The fourth-order valence-corrected chi connectivity index (χ4v) is 2.53. The standard InChI is InChI=1S/C10H17N3O2S/c11-7(4-16)8(14)13-3-1-2-10(6-13)5-12-9(10)15/h7,16H,1-6,11H2,(H,12,15)/t7-,10?/m0/s1. The number of rotatable bonds is 2. The van der Waals surface area contributed by atoms with Crippen LogP contribution in [0.3, 0.4) is 0 Å². The minimum absolute atomic E-state index is 0.0736. The van der Waals surface area contributed by atoms with E-state index in [-0.39, 0.29) is 17.2 Å². The molecular weight excluding hydrogens is 226 g/mol. The van der Waals surface area contributed by atoms with Crippen molar-refractivity contribution in [3.8, 4) is 0 Å². The number of likely N-dealkylation sites (tertiary alicyclic amines) is 1. The molecule has 0 aliphatic carbocycles. The monoisotopic (exact) mass is 243 g/mol. The number of carbonyl (C=O) groups excluding carboxylic acids is 2. The lowest BCUT2D eigenvalue weighted by atomic mass is 9.74. The summed E-state index contributed by atoms with van der Waals surface area (Å²) in [5.41, 5.74) is 5.33. The zero-order valence-electron chi connectivity index (χ0n) is 9.11. The number of amides is 2. The Balaban J connectivity index is 2.02. The zero-order valence-corrected chi connectivity index (χ0v) is 10.0. The molecule has 3 N–H and O–H groups in total. The van der Waals surface area contributed by atoms with Crippen LogP contribution in [0.2, 0.25) is 0 Å². The van der Waals surface area contributed by atoms with E-state index in [1.807, 2.05) is 0 Å². The van der Waals surface area contributed by atoms with Crippen LogP contribution in [-0.2, 0) is 9.59 Å². The smallest absolute Gasteiger partial charge is 0.240 e. The number of hydrogen-bond acceptors (Lipinski definition) is 4. The van der Waals surface area contributed by atoms with Gasteiger partial charge in [-0.2, -0.15) is 12.6 Å². The molecule has 0 radical (unpaired) electrons. The van der Waals surface area contributed by atoms with E-state index in [4.69, 9.17) is 5.73 Å². The molecule has 0 saturated carbocycles. The van der Waals surface area contributed by atoms with Crippen LogP contribution in [0.5, 0.6) is 0 Å². The molecule has 1 spiro atoms. The van der Waals surface area contributed by atoms with Gasteiger partial charge < -0.3 is 16.0 Å². The molecule has 0 aromatic carbocycles. The zero-order chi connectivity index (χ0) is 11.8. The Morgan fingerprint density at radius 3 is 2.94 bits per heavy atom. The average Bonchev–Trinajstić information content (AvgIpc) is 2.35. The highest BCUT2D eigenvalue weighted by atomic mass is 32.1. The van der Waals surface area contributed by atoms with Crippen molar-refractivity contribution in [2.75, 3.05) is 25.4 Å². The average molecular weight is 243 g/mol. The molecule has 2 heterocycles. The van der Waals surface area contributed by atoms with Crippen molar-refractivity contribution in [3.05, 3.63) is 0 Å². The molecule has 2 aliphatic rings. The van der Waals surface area contributed by atoms with Gasteiger partial charge in [0.25, 0.3) is 0 Å². The van der Waals surface area contributed by atoms with Gasteiger partial charge in [0, 0.05) is 25.4 Å². The van der Waals surface area contributed by atoms with Gasteiger partial charge in [-0.05, 0) is 12.8 Å². The normalized spacial score (nSPS) is 30.9. The Morgan fingerprint density at radius 2 is 2.44 bits per heavy atom. The van der Waals surface area contributed by atoms with E-state index in [9.17, 15) is 9.59 Å². The Hall–Kier alpha value is -0.750. The number of β-lactam (4-membered cyclic amide) rings is 1. The summed E-state index contributed by atoms with van der Waals surface area (Å²) in [5.74, 6) is 0.326. The van der Waals surface area contributed by atoms with Gasteiger partial charge in [-0.1, -0.05) is 0 Å². The fraction of sp³-hybridized carbons (Fsp3) is 0.800. The minimum Gasteiger partial charge on any atom is -0.354 e. The van der Waals surface area contributed by atoms with Crippen molar-refractivity contribution in [1.82, 2.24) is 10.2 Å². The van der Waals surface area contributed by atoms with E-state index in [0.29, 0.717) is 25.4 Å². The van der Waals surface area contributed by atoms with Gasteiger partial charge in [-0.3, -0.25) is 9.59 Å². The van der Waals surface area contributed by atoms with Gasteiger partial charge in [0.15, 0.2) is 0 Å². The Bertz CT molecular complexity index is 323. The van der Waals surface area contributed by atoms with Crippen LogP contribution >= 0.6 is 12.6 Å². The fourth-order valence-electron chi connectivity index (χ4n) is 2.37. The van der Waals surface area contributed by atoms with Gasteiger partial charge in [0.2, 0.25) is 11.8 Å². The van der Waals surface area contributed by atoms with Crippen molar-refractivity contribution in [3.63, 3.8) is 0 Å². The molecule has 0 aromatic rings. The molecule has 2 amide bonds. The third-order valence-corrected chi connectivity index (χ3v) is 3.86. The van der Waals surface area contributed by atoms with Crippen LogP contribution in [-0.4, -0.2) is 48.1 Å². The highest BCUT2D eigenvalue weighted by Crippen LogP contribution is 2.34. The van der Waals surface area contributed by atoms with Crippen LogP contribution in [0, 0.1) is 5.41 Å². The second kappa shape index (κ2) is 4.25. The molecule has 0 bridgehead atoms. The highest BCUT2D eigenvalue weighted by Gasteiger charge is 2.49. The van der Waals surface area contributed by atoms with Gasteiger partial charge >= 0.3 is 0 Å². The summed E-state index contributed by atoms with van der Waals surface area (Å²) < 4.78 is 0. The molecule has 6 heteroatoms. The van der Waals surface area contributed by atoms with Crippen molar-refractivity contribution in [2.24, 2.45) is 11.1 Å². The first-order valence-electron chi connectivity index (χ1n) is 5.53. The van der Waals surface area contributed by atoms with E-state index in [0.717, 1.165) is 12.8 Å². The van der Waals surface area contributed by atoms with Crippen molar-refractivity contribution in [1.29, 1.82) is 0 Å². The van der Waals surface area contributed by atoms with Gasteiger partial charge in [0.1, 0.15) is 0 Å². The summed E-state index contributed by atoms with van der Waals surface area (Å²) in [7, 11) is 0. The number of nitrogens with zero attached hydrogens (tertiary/aromatic N) is 1. The molecule has 16 heavy (non-hydrogen) atoms. The predicted molar refractivity (Wildman–Crippen MR) is 63.1 cm³/mol. The summed E-state index contributed by atoms with van der Waals surface area (Å²) in [6.45, 7) is 1.90. The maximum atomic E-state index is 11.9. The van der Waals surface area contributed by atoms with E-state index in [1.165, 1.54) is 0 Å². The molecule has 2 fully saturated rings. The van der Waals surface area contributed by atoms with Crippen molar-refractivity contribution in [2.45, 2.75) is 18.9 Å². The van der Waals surface area contributed by atoms with Gasteiger partial charge in [0.05, 0.1) is 11.5 Å². The van der Waals surface area contributed by atoms with E-state index in [1.54, 1.807) is 4.90 Å². The lowest BCUT2D eigenvalue weighted by Gasteiger charge is -2.47. The second-order valence-electron chi connectivity index (χ2n) is 4.62. The quantitative estimate of drug-likeness (QED) is 0.429. The molecule has 2 saturated heterocycles. The van der Waals surface area contributed by atoms with Crippen LogP contribution in [0.1, 0.15) is 12.8 Å². The Kier molecular flexibility index (Phi) is 3.12. The lowest BCUT2D eigenvalue weighted by Crippen LogP contribution is -2.66. The lowest BCUT2D eigenvalue weighted by molar-refractivity contribution is -0.149. The topological polar surface area (TPSA) is 75.4 Å². The number of nitrogens with two attached hydrogens (primary N) is 1. The summed E-state index contributed by atoms with van der Waals surface area (Å²) in [6, 6.07) is -0.554. The largest absolute Gasteiger partial charge is 0.354 e. The van der Waals surface area contributed by atoms with Crippen molar-refractivity contribution >= 4 is 24.4 Å². The third kappa shape index (κ3) is 1.80. The molecular formula is C10H17N3O2S. The Morgan fingerprint density at radius 1 is 1.69 bits per heavy atom. The SMILES string of the molecule is N[C@@H](CS)C(=O)N1CCCC2(CNC2=O)C1. The van der Waals surface area contributed by atoms with E-state index >= 15 is 0 Å². The Labute approximate surface area is 100 Å². The molecule has 2 rings (SSSR count). The second-order valence-corrected chi connectivity index (χ2v) is 4.98. The minimum atomic E-state index is -0.554. The van der Waals surface area contributed by atoms with Crippen LogP contribution in [0.15, 0.2) is 0 Å². The van der Waals surface area contributed by atoms with Gasteiger partial charge in [-0.15, -0.1) is 0 Å². The van der Waals surface area contributed by atoms with E-state index in [2.05, 4.69) is 17.9 Å². The van der Waals surface area contributed by atoms with E-state index < -0.39 is 6.04 Å². The molecule has 5 nitrogen and oxygen atoms in total. The molecule has 2 atom stereocenters. The van der Waals surface area contributed by atoms with Crippen LogP contribution < -0.4 is 11.1 Å². The van der Waals surface area contributed by atoms with Crippen molar-refractivity contribution < 1.29 is 9.59 Å².